The van der Waals surface area contributed by atoms with E-state index in [1.54, 1.807) is 0 Å². The van der Waals surface area contributed by atoms with Crippen LogP contribution in [0.3, 0.4) is 0 Å². The highest BCUT2D eigenvalue weighted by atomic mass is 14.8. The van der Waals surface area contributed by atoms with Gasteiger partial charge in [0.15, 0.2) is 0 Å². The fourth-order valence-electron chi connectivity index (χ4n) is 4.95. The Bertz CT molecular complexity index is 1870. The average molecular weight is 460 g/mol. The molecule has 7 rings (SSSR count). The van der Waals surface area contributed by atoms with Crippen LogP contribution in [0.1, 0.15) is 0 Å². The van der Waals surface area contributed by atoms with Gasteiger partial charge in [-0.15, -0.1) is 0 Å². The van der Waals surface area contributed by atoms with E-state index in [-0.39, 0.29) is 0 Å². The van der Waals surface area contributed by atoms with E-state index in [0.29, 0.717) is 0 Å². The lowest BCUT2D eigenvalue weighted by atomic mass is 9.95. The number of fused-ring (bicyclic) bond motifs is 4. The van der Waals surface area contributed by atoms with Crippen molar-refractivity contribution in [2.24, 2.45) is 0 Å². The Labute approximate surface area is 208 Å². The van der Waals surface area contributed by atoms with Gasteiger partial charge in [-0.3, -0.25) is 4.98 Å². The van der Waals surface area contributed by atoms with Gasteiger partial charge < -0.3 is 0 Å². The second-order valence-electron chi connectivity index (χ2n) is 8.90. The molecule has 5 aromatic carbocycles. The molecule has 0 atom stereocenters. The van der Waals surface area contributed by atoms with Crippen molar-refractivity contribution in [3.8, 4) is 33.6 Å². The highest BCUT2D eigenvalue weighted by Gasteiger charge is 2.17. The molecule has 0 fully saturated rings. The van der Waals surface area contributed by atoms with Gasteiger partial charge in [0.1, 0.15) is 0 Å². The topological polar surface area (TPSA) is 38.7 Å². The monoisotopic (exact) mass is 459 g/mol. The molecule has 0 aliphatic heterocycles. The minimum absolute atomic E-state index is 0.877. The summed E-state index contributed by atoms with van der Waals surface area (Å²) in [5.74, 6) is 0. The first-order valence-electron chi connectivity index (χ1n) is 12.0. The quantitative estimate of drug-likeness (QED) is 0.249. The van der Waals surface area contributed by atoms with Gasteiger partial charge in [-0.1, -0.05) is 97.1 Å². The van der Waals surface area contributed by atoms with E-state index in [4.69, 9.17) is 9.97 Å². The number of hydrogen-bond donors (Lipinski definition) is 0. The van der Waals surface area contributed by atoms with E-state index >= 15 is 0 Å². The molecular weight excluding hydrogens is 438 g/mol. The van der Waals surface area contributed by atoms with E-state index in [1.165, 1.54) is 11.1 Å². The maximum atomic E-state index is 5.18. The Morgan fingerprint density at radius 2 is 1.06 bits per heavy atom. The third kappa shape index (κ3) is 3.41. The van der Waals surface area contributed by atoms with Gasteiger partial charge in [-0.05, 0) is 40.8 Å². The van der Waals surface area contributed by atoms with E-state index in [0.717, 1.165) is 55.2 Å². The molecular formula is C33H21N3. The first-order chi connectivity index (χ1) is 17.8. The Balaban J connectivity index is 1.50. The first kappa shape index (κ1) is 20.5. The van der Waals surface area contributed by atoms with Crippen molar-refractivity contribution in [1.82, 2.24) is 15.0 Å². The molecule has 0 bridgehead atoms. The van der Waals surface area contributed by atoms with Crippen LogP contribution in [-0.4, -0.2) is 15.0 Å². The van der Waals surface area contributed by atoms with E-state index in [1.807, 2.05) is 42.6 Å². The molecule has 0 radical (unpaired) electrons. The summed E-state index contributed by atoms with van der Waals surface area (Å²) in [6.07, 6.45) is 1.85. The number of rotatable bonds is 3. The van der Waals surface area contributed by atoms with Gasteiger partial charge in [0, 0.05) is 28.1 Å². The molecule has 2 heterocycles. The summed E-state index contributed by atoms with van der Waals surface area (Å²) in [5.41, 5.74) is 9.00. The zero-order chi connectivity index (χ0) is 23.9. The minimum atomic E-state index is 0.877. The molecule has 2 aromatic heterocycles. The van der Waals surface area contributed by atoms with Crippen molar-refractivity contribution in [2.75, 3.05) is 0 Å². The second kappa shape index (κ2) is 8.40. The fraction of sp³-hybridized carbons (Fsp3) is 0. The van der Waals surface area contributed by atoms with Gasteiger partial charge >= 0.3 is 0 Å². The molecule has 0 amide bonds. The molecule has 0 unspecified atom stereocenters. The Morgan fingerprint density at radius 3 is 1.83 bits per heavy atom. The van der Waals surface area contributed by atoms with Crippen LogP contribution in [0.15, 0.2) is 128 Å². The van der Waals surface area contributed by atoms with E-state index < -0.39 is 0 Å². The first-order valence-corrected chi connectivity index (χ1v) is 12.0. The molecule has 0 aliphatic carbocycles. The minimum Gasteiger partial charge on any atom is -0.256 e. The number of pyridine rings is 1. The van der Waals surface area contributed by atoms with Crippen LogP contribution >= 0.6 is 0 Å². The average Bonchev–Trinajstić information content (AvgIpc) is 2.96. The van der Waals surface area contributed by atoms with Crippen molar-refractivity contribution >= 4 is 32.7 Å². The van der Waals surface area contributed by atoms with Crippen molar-refractivity contribution in [1.29, 1.82) is 0 Å². The van der Waals surface area contributed by atoms with Crippen LogP contribution in [0.25, 0.3) is 66.4 Å². The van der Waals surface area contributed by atoms with Gasteiger partial charge in [0.05, 0.1) is 27.9 Å². The summed E-state index contributed by atoms with van der Waals surface area (Å²) < 4.78 is 0. The fourth-order valence-corrected chi connectivity index (χ4v) is 4.95. The van der Waals surface area contributed by atoms with Crippen LogP contribution in [-0.2, 0) is 0 Å². The predicted molar refractivity (Wildman–Crippen MR) is 149 cm³/mol. The van der Waals surface area contributed by atoms with Gasteiger partial charge in [-0.2, -0.15) is 0 Å². The highest BCUT2D eigenvalue weighted by molar-refractivity contribution is 6.13. The summed E-state index contributed by atoms with van der Waals surface area (Å²) in [6, 6.07) is 41.8. The maximum absolute atomic E-state index is 5.18. The summed E-state index contributed by atoms with van der Waals surface area (Å²) in [6.45, 7) is 0. The lowest BCUT2D eigenvalue weighted by molar-refractivity contribution is 1.30. The Kier molecular flexibility index (Phi) is 4.78. The van der Waals surface area contributed by atoms with Crippen LogP contribution in [0.5, 0.6) is 0 Å². The van der Waals surface area contributed by atoms with Gasteiger partial charge in [-0.25, -0.2) is 9.97 Å². The third-order valence-electron chi connectivity index (χ3n) is 6.70. The summed E-state index contributed by atoms with van der Waals surface area (Å²) in [4.78, 5) is 15.0. The zero-order valence-corrected chi connectivity index (χ0v) is 19.5. The van der Waals surface area contributed by atoms with Gasteiger partial charge in [0.25, 0.3) is 0 Å². The molecule has 0 saturated heterocycles. The van der Waals surface area contributed by atoms with Gasteiger partial charge in [0.2, 0.25) is 0 Å². The number of para-hydroxylation sites is 2. The molecule has 0 spiro atoms. The van der Waals surface area contributed by atoms with Crippen LogP contribution in [0.2, 0.25) is 0 Å². The lowest BCUT2D eigenvalue weighted by Crippen LogP contribution is -1.97. The van der Waals surface area contributed by atoms with Crippen LogP contribution in [0.4, 0.5) is 0 Å². The van der Waals surface area contributed by atoms with E-state index in [2.05, 4.69) is 89.9 Å². The predicted octanol–water partition coefficient (Wildman–Crippen LogP) is 8.33. The number of aromatic nitrogens is 3. The summed E-state index contributed by atoms with van der Waals surface area (Å²) in [5, 5.41) is 3.33. The van der Waals surface area contributed by atoms with E-state index in [9.17, 15) is 0 Å². The SMILES string of the molecule is c1ccc(-c2ccc(-c3nc4ccccc4nc3-c3cc4cccnc4c4ccccc34)cc2)cc1. The Hall–Kier alpha value is -4.89. The molecule has 168 valence electrons. The zero-order valence-electron chi connectivity index (χ0n) is 19.5. The standard InChI is InChI=1S/C33H21N3/c1-2-9-22(10-3-1)23-16-18-24(19-17-23)32-33(36-30-15-7-6-14-29(30)35-32)28-21-25-11-8-20-34-31(25)27-13-5-4-12-26(27)28/h1-21H. The molecule has 36 heavy (non-hydrogen) atoms. The highest BCUT2D eigenvalue weighted by Crippen LogP contribution is 2.38. The van der Waals surface area contributed by atoms with Crippen molar-refractivity contribution in [3.63, 3.8) is 0 Å². The maximum Gasteiger partial charge on any atom is 0.0979 e. The summed E-state index contributed by atoms with van der Waals surface area (Å²) >= 11 is 0. The number of nitrogens with zero attached hydrogens (tertiary/aromatic N) is 3. The van der Waals surface area contributed by atoms with Crippen molar-refractivity contribution in [3.05, 3.63) is 128 Å². The molecule has 3 heteroatoms. The summed E-state index contributed by atoms with van der Waals surface area (Å²) in [7, 11) is 0. The number of hydrogen-bond acceptors (Lipinski definition) is 3. The van der Waals surface area contributed by atoms with Crippen LogP contribution < -0.4 is 0 Å². The van der Waals surface area contributed by atoms with Crippen molar-refractivity contribution < 1.29 is 0 Å². The Morgan fingerprint density at radius 1 is 0.444 bits per heavy atom. The number of benzene rings is 5. The smallest absolute Gasteiger partial charge is 0.0979 e. The molecule has 3 nitrogen and oxygen atoms in total. The molecule has 7 aromatic rings. The molecule has 0 saturated carbocycles. The third-order valence-corrected chi connectivity index (χ3v) is 6.70. The molecule has 0 aliphatic rings. The second-order valence-corrected chi connectivity index (χ2v) is 8.90. The normalized spacial score (nSPS) is 11.3. The lowest BCUT2D eigenvalue weighted by Gasteiger charge is -2.14. The van der Waals surface area contributed by atoms with Crippen LogP contribution in [0, 0.1) is 0 Å². The molecule has 0 N–H and O–H groups in total. The van der Waals surface area contributed by atoms with Crippen molar-refractivity contribution in [2.45, 2.75) is 0 Å². The largest absolute Gasteiger partial charge is 0.256 e.